The lowest BCUT2D eigenvalue weighted by Crippen LogP contribution is -2.56. The van der Waals surface area contributed by atoms with E-state index in [1.807, 2.05) is 4.90 Å². The maximum Gasteiger partial charge on any atom is 0.236 e. The quantitative estimate of drug-likeness (QED) is 0.663. The average molecular weight is 455 g/mol. The first kappa shape index (κ1) is 22.0. The smallest absolute Gasteiger partial charge is 0.236 e. The third kappa shape index (κ3) is 5.09. The molecule has 0 spiro atoms. The topological polar surface area (TPSA) is 65.0 Å². The number of benzene rings is 1. The minimum absolute atomic E-state index is 0.163. The molecule has 1 aliphatic carbocycles. The van der Waals surface area contributed by atoms with Crippen molar-refractivity contribution < 1.29 is 14.3 Å². The zero-order valence-electron chi connectivity index (χ0n) is 18.9. The summed E-state index contributed by atoms with van der Waals surface area (Å²) >= 11 is 0. The van der Waals surface area contributed by atoms with Gasteiger partial charge in [0.2, 0.25) is 5.91 Å². The Morgan fingerprint density at radius 1 is 0.939 bits per heavy atom. The first-order chi connectivity index (χ1) is 16.2. The van der Waals surface area contributed by atoms with E-state index in [0.717, 1.165) is 75.5 Å². The van der Waals surface area contributed by atoms with Crippen molar-refractivity contribution >= 4 is 11.7 Å². The van der Waals surface area contributed by atoms with Gasteiger partial charge in [-0.25, -0.2) is 4.98 Å². The Labute approximate surface area is 193 Å². The van der Waals surface area contributed by atoms with Crippen LogP contribution in [-0.2, 0) is 4.79 Å². The molecule has 3 fully saturated rings. The SMILES string of the molecule is O=C(CN1CCN(c2cnc(-c3ccc(OF)cc3)cn2)CC1)N1CCN(C2CCC2)CC1. The van der Waals surface area contributed by atoms with Crippen molar-refractivity contribution in [1.29, 1.82) is 0 Å². The van der Waals surface area contributed by atoms with Crippen LogP contribution in [-0.4, -0.2) is 95.5 Å². The molecule has 0 unspecified atom stereocenters. The van der Waals surface area contributed by atoms with Crippen molar-refractivity contribution in [3.8, 4) is 17.0 Å². The molecule has 2 aliphatic heterocycles. The molecule has 1 saturated carbocycles. The Hall–Kier alpha value is -2.78. The van der Waals surface area contributed by atoms with E-state index >= 15 is 0 Å². The molecule has 2 saturated heterocycles. The fraction of sp³-hybridized carbons (Fsp3) is 0.542. The van der Waals surface area contributed by atoms with Gasteiger partial charge in [-0.15, -0.1) is 0 Å². The standard InChI is InChI=1S/C24H31FN6O2/c25-33-21-6-4-19(5-7-21)22-16-27-23(17-26-22)30-10-8-28(9-11-30)18-24(32)31-14-12-29(13-15-31)20-2-1-3-20/h4-7,16-17,20H,1-3,8-15,18H2. The van der Waals surface area contributed by atoms with Crippen LogP contribution in [0.2, 0.25) is 0 Å². The molecule has 0 N–H and O–H groups in total. The number of aromatic nitrogens is 2. The lowest BCUT2D eigenvalue weighted by molar-refractivity contribution is -0.134. The van der Waals surface area contributed by atoms with Crippen LogP contribution < -0.4 is 9.84 Å². The van der Waals surface area contributed by atoms with Gasteiger partial charge in [-0.2, -0.15) is 0 Å². The van der Waals surface area contributed by atoms with Crippen molar-refractivity contribution in [2.45, 2.75) is 25.3 Å². The Morgan fingerprint density at radius 3 is 2.24 bits per heavy atom. The molecule has 8 nitrogen and oxygen atoms in total. The highest BCUT2D eigenvalue weighted by Gasteiger charge is 2.30. The van der Waals surface area contributed by atoms with Gasteiger partial charge >= 0.3 is 0 Å². The molecule has 2 aromatic rings. The van der Waals surface area contributed by atoms with E-state index in [0.29, 0.717) is 6.54 Å². The van der Waals surface area contributed by atoms with E-state index in [1.165, 1.54) is 19.3 Å². The van der Waals surface area contributed by atoms with Crippen LogP contribution in [0.3, 0.4) is 0 Å². The van der Waals surface area contributed by atoms with Crippen LogP contribution in [0.25, 0.3) is 11.3 Å². The van der Waals surface area contributed by atoms with Crippen molar-refractivity contribution in [3.05, 3.63) is 36.7 Å². The van der Waals surface area contributed by atoms with Gasteiger partial charge in [0.25, 0.3) is 0 Å². The van der Waals surface area contributed by atoms with Crippen LogP contribution in [0.5, 0.6) is 5.75 Å². The molecule has 0 radical (unpaired) electrons. The lowest BCUT2D eigenvalue weighted by Gasteiger charge is -2.43. The molecule has 0 atom stereocenters. The molecular weight excluding hydrogens is 423 g/mol. The van der Waals surface area contributed by atoms with Gasteiger partial charge in [0.15, 0.2) is 5.75 Å². The minimum atomic E-state index is 0.163. The van der Waals surface area contributed by atoms with E-state index in [2.05, 4.69) is 29.6 Å². The Bertz CT molecular complexity index is 921. The summed E-state index contributed by atoms with van der Waals surface area (Å²) in [5, 5.41) is 0. The maximum atomic E-state index is 12.8. The maximum absolute atomic E-state index is 12.8. The Morgan fingerprint density at radius 2 is 1.67 bits per heavy atom. The van der Waals surface area contributed by atoms with E-state index < -0.39 is 0 Å². The summed E-state index contributed by atoms with van der Waals surface area (Å²) < 4.78 is 12.2. The van der Waals surface area contributed by atoms with Crippen LogP contribution in [0.4, 0.5) is 10.3 Å². The van der Waals surface area contributed by atoms with Crippen molar-refractivity contribution in [1.82, 2.24) is 24.7 Å². The van der Waals surface area contributed by atoms with Crippen molar-refractivity contribution in [2.75, 3.05) is 63.8 Å². The van der Waals surface area contributed by atoms with Gasteiger partial charge in [0, 0.05) is 68.5 Å². The van der Waals surface area contributed by atoms with Gasteiger partial charge in [-0.1, -0.05) is 6.42 Å². The molecule has 1 aromatic carbocycles. The molecule has 1 amide bonds. The Balaban J connectivity index is 1.08. The summed E-state index contributed by atoms with van der Waals surface area (Å²) in [6.45, 7) is 7.57. The first-order valence-electron chi connectivity index (χ1n) is 11.9. The molecule has 176 valence electrons. The summed E-state index contributed by atoms with van der Waals surface area (Å²) in [7, 11) is 0. The highest BCUT2D eigenvalue weighted by atomic mass is 19.3. The van der Waals surface area contributed by atoms with E-state index in [9.17, 15) is 9.32 Å². The number of rotatable bonds is 6. The lowest BCUT2D eigenvalue weighted by atomic mass is 9.91. The molecule has 3 aliphatic rings. The number of carbonyl (C=O) groups excluding carboxylic acids is 1. The number of carbonyl (C=O) groups is 1. The van der Waals surface area contributed by atoms with E-state index in [1.54, 1.807) is 36.7 Å². The average Bonchev–Trinajstić information content (AvgIpc) is 2.84. The summed E-state index contributed by atoms with van der Waals surface area (Å²) in [5.74, 6) is 1.25. The highest BCUT2D eigenvalue weighted by Crippen LogP contribution is 2.26. The number of hydrogen-bond acceptors (Lipinski definition) is 7. The van der Waals surface area contributed by atoms with Gasteiger partial charge in [0.05, 0.1) is 24.6 Å². The van der Waals surface area contributed by atoms with Crippen LogP contribution in [0.1, 0.15) is 19.3 Å². The predicted octanol–water partition coefficient (Wildman–Crippen LogP) is 2.23. The monoisotopic (exact) mass is 454 g/mol. The molecule has 33 heavy (non-hydrogen) atoms. The second-order valence-electron chi connectivity index (χ2n) is 9.13. The summed E-state index contributed by atoms with van der Waals surface area (Å²) in [5.41, 5.74) is 1.58. The van der Waals surface area contributed by atoms with Gasteiger partial charge in [0.1, 0.15) is 5.82 Å². The first-order valence-corrected chi connectivity index (χ1v) is 11.9. The van der Waals surface area contributed by atoms with Crippen LogP contribution >= 0.6 is 0 Å². The highest BCUT2D eigenvalue weighted by molar-refractivity contribution is 5.78. The number of hydrogen-bond donors (Lipinski definition) is 0. The number of piperazine rings is 2. The van der Waals surface area contributed by atoms with Crippen molar-refractivity contribution in [2.24, 2.45) is 0 Å². The largest absolute Gasteiger partial charge is 0.353 e. The van der Waals surface area contributed by atoms with E-state index in [-0.39, 0.29) is 11.7 Å². The third-order valence-electron chi connectivity index (χ3n) is 7.19. The summed E-state index contributed by atoms with van der Waals surface area (Å²) in [6.07, 6.45) is 7.52. The third-order valence-corrected chi connectivity index (χ3v) is 7.19. The molecule has 3 heterocycles. The predicted molar refractivity (Wildman–Crippen MR) is 124 cm³/mol. The fourth-order valence-electron chi connectivity index (χ4n) is 4.83. The molecule has 0 bridgehead atoms. The molecule has 1 aromatic heterocycles. The second-order valence-corrected chi connectivity index (χ2v) is 9.13. The van der Waals surface area contributed by atoms with Crippen LogP contribution in [0.15, 0.2) is 36.7 Å². The Kier molecular flexibility index (Phi) is 6.68. The van der Waals surface area contributed by atoms with Gasteiger partial charge in [-0.3, -0.25) is 24.5 Å². The number of amides is 1. The minimum Gasteiger partial charge on any atom is -0.353 e. The van der Waals surface area contributed by atoms with Crippen LogP contribution in [0, 0.1) is 0 Å². The van der Waals surface area contributed by atoms with Gasteiger partial charge < -0.3 is 9.80 Å². The molecular formula is C24H31FN6O2. The second kappa shape index (κ2) is 10.0. The molecule has 9 heteroatoms. The van der Waals surface area contributed by atoms with E-state index in [4.69, 9.17) is 0 Å². The fourth-order valence-corrected chi connectivity index (χ4v) is 4.83. The summed E-state index contributed by atoms with van der Waals surface area (Å²) in [6, 6.07) is 7.38. The number of nitrogens with zero attached hydrogens (tertiary/aromatic N) is 6. The van der Waals surface area contributed by atoms with Crippen molar-refractivity contribution in [3.63, 3.8) is 0 Å². The zero-order chi connectivity index (χ0) is 22.6. The summed E-state index contributed by atoms with van der Waals surface area (Å²) in [4.78, 5) is 34.7. The normalized spacial score (nSPS) is 20.5. The molecule has 5 rings (SSSR count). The van der Waals surface area contributed by atoms with Gasteiger partial charge in [-0.05, 0) is 37.1 Å². The number of anilines is 1. The zero-order valence-corrected chi connectivity index (χ0v) is 18.9. The number of halogens is 1.